The molecule has 7 N–H and O–H groups in total. The van der Waals surface area contributed by atoms with Crippen LogP contribution in [-0.4, -0.2) is 116 Å². The Morgan fingerprint density at radius 2 is 1.02 bits per heavy atom. The van der Waals surface area contributed by atoms with Gasteiger partial charge in [0.1, 0.15) is 48.8 Å². The fourth-order valence-electron chi connectivity index (χ4n) is 5.48. The van der Waals surface area contributed by atoms with Crippen LogP contribution in [0.2, 0.25) is 0 Å². The monoisotopic (exact) mass is 608 g/mol. The van der Waals surface area contributed by atoms with Crippen molar-refractivity contribution >= 4 is 5.97 Å². The normalized spacial score (nSPS) is 33.5. The molecule has 0 amide bonds. The van der Waals surface area contributed by atoms with Crippen LogP contribution in [0.25, 0.3) is 0 Å². The molecule has 10 atom stereocenters. The molecule has 12 heteroatoms. The van der Waals surface area contributed by atoms with Crippen molar-refractivity contribution in [3.63, 3.8) is 0 Å². The number of hydrogen-bond acceptors (Lipinski definition) is 12. The molecule has 12 nitrogen and oxygen atoms in total. The van der Waals surface area contributed by atoms with Gasteiger partial charge in [0, 0.05) is 6.42 Å². The summed E-state index contributed by atoms with van der Waals surface area (Å²) in [6.07, 6.45) is 2.52. The lowest BCUT2D eigenvalue weighted by atomic mass is 9.97. The number of ether oxygens (including phenoxy) is 4. The average Bonchev–Trinajstić information content (AvgIpc) is 2.98. The number of aliphatic hydroxyl groups is 7. The van der Waals surface area contributed by atoms with Crippen molar-refractivity contribution in [3.8, 4) is 0 Å². The SMILES string of the molecule is CCCCCCCCCCCCCCCCCC(=O)OC1O[C@H](CO)[C@@H](O[C@@H]2O[C@H](CO)[C@H](O)[C@H](O)[C@H]2O)[C@H](O)[C@H]1O. The molecule has 0 aromatic rings. The largest absolute Gasteiger partial charge is 0.433 e. The second kappa shape index (κ2) is 20.9. The zero-order chi connectivity index (χ0) is 30.9. The van der Waals surface area contributed by atoms with Crippen molar-refractivity contribution < 1.29 is 59.5 Å². The molecule has 0 aromatic carbocycles. The van der Waals surface area contributed by atoms with Gasteiger partial charge in [0.25, 0.3) is 0 Å². The maximum atomic E-state index is 12.4. The Kier molecular flexibility index (Phi) is 18.6. The number of carbonyl (C=O) groups excluding carboxylic acids is 1. The number of carbonyl (C=O) groups is 1. The summed E-state index contributed by atoms with van der Waals surface area (Å²) in [5, 5.41) is 70.4. The van der Waals surface area contributed by atoms with E-state index in [-0.39, 0.29) is 6.42 Å². The molecule has 248 valence electrons. The molecule has 42 heavy (non-hydrogen) atoms. The van der Waals surface area contributed by atoms with Crippen molar-refractivity contribution in [3.05, 3.63) is 0 Å². The van der Waals surface area contributed by atoms with Crippen LogP contribution in [0.15, 0.2) is 0 Å². The molecule has 0 aliphatic carbocycles. The smallest absolute Gasteiger partial charge is 0.308 e. The van der Waals surface area contributed by atoms with Crippen LogP contribution in [0, 0.1) is 0 Å². The fraction of sp³-hybridized carbons (Fsp3) is 0.967. The molecular formula is C30H56O12. The van der Waals surface area contributed by atoms with Crippen molar-refractivity contribution in [1.82, 2.24) is 0 Å². The first-order valence-corrected chi connectivity index (χ1v) is 16.0. The van der Waals surface area contributed by atoms with Gasteiger partial charge in [-0.25, -0.2) is 0 Å². The van der Waals surface area contributed by atoms with E-state index in [1.807, 2.05) is 0 Å². The summed E-state index contributed by atoms with van der Waals surface area (Å²) >= 11 is 0. The summed E-state index contributed by atoms with van der Waals surface area (Å²) in [6.45, 7) is 0.861. The van der Waals surface area contributed by atoms with Crippen molar-refractivity contribution in [2.24, 2.45) is 0 Å². The van der Waals surface area contributed by atoms with E-state index in [0.29, 0.717) is 6.42 Å². The standard InChI is InChI=1S/C30H56O12/c1-2-3-4-5-6-7-8-9-10-11-12-13-14-15-16-17-22(33)41-29-27(38)25(36)28(21(19-32)40-29)42-30-26(37)24(35)23(34)20(18-31)39-30/h20-21,23-32,34-38H,2-19H2,1H3/t20-,21-,23+,24+,25-,26-,27-,28-,29?,30+/m1/s1. The summed E-state index contributed by atoms with van der Waals surface area (Å²) in [5.74, 6) is -0.606. The Morgan fingerprint density at radius 3 is 1.52 bits per heavy atom. The highest BCUT2D eigenvalue weighted by atomic mass is 16.7. The Hall–Kier alpha value is -0.930. The summed E-state index contributed by atoms with van der Waals surface area (Å²) in [7, 11) is 0. The summed E-state index contributed by atoms with van der Waals surface area (Å²) in [5.41, 5.74) is 0. The second-order valence-corrected chi connectivity index (χ2v) is 11.7. The molecule has 0 bridgehead atoms. The summed E-state index contributed by atoms with van der Waals surface area (Å²) < 4.78 is 21.5. The Morgan fingerprint density at radius 1 is 0.571 bits per heavy atom. The number of aliphatic hydroxyl groups excluding tert-OH is 7. The van der Waals surface area contributed by atoms with E-state index in [4.69, 9.17) is 18.9 Å². The van der Waals surface area contributed by atoms with Crippen LogP contribution in [0.1, 0.15) is 110 Å². The third-order valence-corrected chi connectivity index (χ3v) is 8.19. The minimum absolute atomic E-state index is 0.121. The van der Waals surface area contributed by atoms with Gasteiger partial charge in [-0.15, -0.1) is 0 Å². The molecule has 2 saturated heterocycles. The van der Waals surface area contributed by atoms with E-state index in [0.717, 1.165) is 19.3 Å². The topological polar surface area (TPSA) is 196 Å². The first kappa shape index (κ1) is 37.3. The third kappa shape index (κ3) is 12.2. The Bertz CT molecular complexity index is 708. The molecule has 0 saturated carbocycles. The predicted molar refractivity (Wildman–Crippen MR) is 152 cm³/mol. The van der Waals surface area contributed by atoms with Crippen LogP contribution >= 0.6 is 0 Å². The molecule has 2 fully saturated rings. The van der Waals surface area contributed by atoms with Crippen LogP contribution in [0.4, 0.5) is 0 Å². The highest BCUT2D eigenvalue weighted by Crippen LogP contribution is 2.29. The zero-order valence-corrected chi connectivity index (χ0v) is 25.2. The van der Waals surface area contributed by atoms with Crippen molar-refractivity contribution in [2.75, 3.05) is 13.2 Å². The second-order valence-electron chi connectivity index (χ2n) is 11.7. The summed E-state index contributed by atoms with van der Waals surface area (Å²) in [4.78, 5) is 12.4. The van der Waals surface area contributed by atoms with Gasteiger partial charge in [-0.2, -0.15) is 0 Å². The number of unbranched alkanes of at least 4 members (excludes halogenated alkanes) is 14. The lowest BCUT2D eigenvalue weighted by molar-refractivity contribution is -0.355. The van der Waals surface area contributed by atoms with Crippen LogP contribution in [0.5, 0.6) is 0 Å². The van der Waals surface area contributed by atoms with Crippen molar-refractivity contribution in [2.45, 2.75) is 171 Å². The molecule has 1 unspecified atom stereocenters. The molecular weight excluding hydrogens is 552 g/mol. The predicted octanol–water partition coefficient (Wildman–Crippen LogP) is 1.42. The Balaban J connectivity index is 1.62. The highest BCUT2D eigenvalue weighted by molar-refractivity contribution is 5.69. The van der Waals surface area contributed by atoms with Gasteiger partial charge in [-0.1, -0.05) is 96.8 Å². The van der Waals surface area contributed by atoms with E-state index in [1.165, 1.54) is 70.6 Å². The van der Waals surface area contributed by atoms with E-state index in [2.05, 4.69) is 6.92 Å². The number of rotatable bonds is 21. The quantitative estimate of drug-likeness (QED) is 0.0732. The Labute approximate surface area is 249 Å². The molecule has 0 radical (unpaired) electrons. The lowest BCUT2D eigenvalue weighted by Gasteiger charge is -2.45. The average molecular weight is 609 g/mol. The van der Waals surface area contributed by atoms with Crippen LogP contribution < -0.4 is 0 Å². The molecule has 2 rings (SSSR count). The molecule has 2 aliphatic rings. The number of hydrogen-bond donors (Lipinski definition) is 7. The van der Waals surface area contributed by atoms with E-state index in [1.54, 1.807) is 0 Å². The van der Waals surface area contributed by atoms with Crippen molar-refractivity contribution in [1.29, 1.82) is 0 Å². The van der Waals surface area contributed by atoms with Gasteiger partial charge in [-0.3, -0.25) is 4.79 Å². The molecule has 0 spiro atoms. The van der Waals surface area contributed by atoms with Gasteiger partial charge < -0.3 is 54.7 Å². The lowest BCUT2D eigenvalue weighted by Crippen LogP contribution is -2.64. The van der Waals surface area contributed by atoms with Gasteiger partial charge in [0.2, 0.25) is 6.29 Å². The molecule has 0 aromatic heterocycles. The van der Waals surface area contributed by atoms with Crippen LogP contribution in [0.3, 0.4) is 0 Å². The first-order valence-electron chi connectivity index (χ1n) is 16.0. The van der Waals surface area contributed by atoms with E-state index in [9.17, 15) is 40.5 Å². The summed E-state index contributed by atoms with van der Waals surface area (Å²) in [6, 6.07) is 0. The third-order valence-electron chi connectivity index (χ3n) is 8.19. The maximum absolute atomic E-state index is 12.4. The molecule has 2 aliphatic heterocycles. The van der Waals surface area contributed by atoms with Gasteiger partial charge >= 0.3 is 5.97 Å². The molecule has 2 heterocycles. The van der Waals surface area contributed by atoms with Gasteiger partial charge in [0.15, 0.2) is 6.29 Å². The highest BCUT2D eigenvalue weighted by Gasteiger charge is 2.51. The zero-order valence-electron chi connectivity index (χ0n) is 25.2. The first-order chi connectivity index (χ1) is 20.2. The van der Waals surface area contributed by atoms with E-state index >= 15 is 0 Å². The van der Waals surface area contributed by atoms with E-state index < -0.39 is 80.6 Å². The fourth-order valence-corrected chi connectivity index (χ4v) is 5.48. The minimum Gasteiger partial charge on any atom is -0.433 e. The maximum Gasteiger partial charge on any atom is 0.308 e. The van der Waals surface area contributed by atoms with Gasteiger partial charge in [0.05, 0.1) is 13.2 Å². The minimum atomic E-state index is -1.75. The number of esters is 1. The van der Waals surface area contributed by atoms with Gasteiger partial charge in [-0.05, 0) is 6.42 Å². The van der Waals surface area contributed by atoms with Crippen LogP contribution in [-0.2, 0) is 23.7 Å².